The smallest absolute Gasteiger partial charge is 0.252 e. The van der Waals surface area contributed by atoms with Gasteiger partial charge in [-0.2, -0.15) is 0 Å². The van der Waals surface area contributed by atoms with Gasteiger partial charge in [0, 0.05) is 34.1 Å². The first-order chi connectivity index (χ1) is 22.3. The van der Waals surface area contributed by atoms with Gasteiger partial charge in [-0.05, 0) is 87.2 Å². The molecule has 0 saturated carbocycles. The zero-order valence-electron chi connectivity index (χ0n) is 24.7. The van der Waals surface area contributed by atoms with E-state index in [1.54, 1.807) is 0 Å². The van der Waals surface area contributed by atoms with E-state index in [0.29, 0.717) is 0 Å². The largest absolute Gasteiger partial charge is 0.311 e. The van der Waals surface area contributed by atoms with E-state index >= 15 is 0 Å². The normalized spacial score (nSPS) is 12.8. The van der Waals surface area contributed by atoms with Crippen LogP contribution < -0.4 is 26.2 Å². The third-order valence-electron chi connectivity index (χ3n) is 9.24. The molecule has 45 heavy (non-hydrogen) atoms. The zero-order chi connectivity index (χ0) is 29.7. The Balaban J connectivity index is 1.36. The van der Waals surface area contributed by atoms with Gasteiger partial charge in [-0.3, -0.25) is 0 Å². The van der Waals surface area contributed by atoms with Crippen LogP contribution in [0.5, 0.6) is 0 Å². The fraction of sp³-hybridized carbons (Fsp3) is 0. The van der Waals surface area contributed by atoms with Crippen molar-refractivity contribution in [1.29, 1.82) is 0 Å². The predicted octanol–water partition coefficient (Wildman–Crippen LogP) is 9.10. The van der Waals surface area contributed by atoms with E-state index in [1.807, 2.05) is 0 Å². The van der Waals surface area contributed by atoms with Crippen LogP contribution in [-0.4, -0.2) is 6.71 Å². The molecule has 2 aliphatic heterocycles. The summed E-state index contributed by atoms with van der Waals surface area (Å²) in [5, 5.41) is 0. The van der Waals surface area contributed by atoms with Crippen LogP contribution in [0.25, 0.3) is 22.3 Å². The summed E-state index contributed by atoms with van der Waals surface area (Å²) in [6.45, 7) is 0.0783. The average molecular weight is 573 g/mol. The van der Waals surface area contributed by atoms with Crippen LogP contribution in [0.2, 0.25) is 0 Å². The highest BCUT2D eigenvalue weighted by molar-refractivity contribution is 7.00. The maximum atomic E-state index is 2.46. The van der Waals surface area contributed by atoms with Crippen molar-refractivity contribution in [2.75, 3.05) is 9.80 Å². The summed E-state index contributed by atoms with van der Waals surface area (Å²) < 4.78 is 0. The van der Waals surface area contributed by atoms with E-state index < -0.39 is 0 Å². The molecule has 2 heterocycles. The lowest BCUT2D eigenvalue weighted by molar-refractivity contribution is 1.25. The van der Waals surface area contributed by atoms with Crippen molar-refractivity contribution in [2.24, 2.45) is 0 Å². The first-order valence-corrected chi connectivity index (χ1v) is 15.6. The lowest BCUT2D eigenvalue weighted by Crippen LogP contribution is -2.61. The Morgan fingerprint density at radius 2 is 0.800 bits per heavy atom. The van der Waals surface area contributed by atoms with Crippen LogP contribution in [0.3, 0.4) is 0 Å². The third kappa shape index (κ3) is 4.12. The Hall–Kier alpha value is -5.80. The second kappa shape index (κ2) is 10.4. The molecule has 2 aliphatic rings. The second-order valence-electron chi connectivity index (χ2n) is 11.8. The Bertz CT molecular complexity index is 2160. The molecule has 210 valence electrons. The SMILES string of the molecule is c1ccc(-c2ccc3c(c2)B2c4ccc(-c5ccccc5)cc4N(c4ccccc4)c4cccc(c42)N3c2ccccc2)cc1. The molecule has 9 rings (SSSR count). The Morgan fingerprint density at radius 1 is 0.311 bits per heavy atom. The number of rotatable bonds is 4. The van der Waals surface area contributed by atoms with Gasteiger partial charge < -0.3 is 9.80 Å². The number of nitrogens with zero attached hydrogens (tertiary/aromatic N) is 2. The first kappa shape index (κ1) is 25.7. The molecule has 7 aromatic rings. The first-order valence-electron chi connectivity index (χ1n) is 15.6. The minimum atomic E-state index is 0.0783. The predicted molar refractivity (Wildman–Crippen MR) is 191 cm³/mol. The summed E-state index contributed by atoms with van der Waals surface area (Å²) in [5.74, 6) is 0. The zero-order valence-corrected chi connectivity index (χ0v) is 24.7. The summed E-state index contributed by atoms with van der Waals surface area (Å²) in [6.07, 6.45) is 0. The number of hydrogen-bond donors (Lipinski definition) is 0. The topological polar surface area (TPSA) is 6.48 Å². The minimum absolute atomic E-state index is 0.0783. The van der Waals surface area contributed by atoms with E-state index in [9.17, 15) is 0 Å². The standard InChI is InChI=1S/C42H29BN2/c1-5-14-30(15-6-1)32-25-27-38-37(28-32)43-36-26-24-33(31-16-7-2-8-17-31)29-41(36)45(35-20-11-4-12-21-35)40-23-13-22-39(42(40)43)44(38)34-18-9-3-10-19-34/h1-29H. The van der Waals surface area contributed by atoms with Crippen molar-refractivity contribution >= 4 is 57.2 Å². The second-order valence-corrected chi connectivity index (χ2v) is 11.8. The highest BCUT2D eigenvalue weighted by Crippen LogP contribution is 2.44. The van der Waals surface area contributed by atoms with Crippen molar-refractivity contribution in [1.82, 2.24) is 0 Å². The van der Waals surface area contributed by atoms with Crippen molar-refractivity contribution in [2.45, 2.75) is 0 Å². The number of benzene rings is 7. The molecular weight excluding hydrogens is 543 g/mol. The van der Waals surface area contributed by atoms with E-state index in [1.165, 1.54) is 61.4 Å². The van der Waals surface area contributed by atoms with E-state index in [2.05, 4.69) is 186 Å². The molecule has 3 heteroatoms. The number of fused-ring (bicyclic) bond motifs is 4. The summed E-state index contributed by atoms with van der Waals surface area (Å²) in [6, 6.07) is 63.9. The molecule has 0 fully saturated rings. The maximum Gasteiger partial charge on any atom is 0.252 e. The molecule has 0 atom stereocenters. The van der Waals surface area contributed by atoms with Crippen LogP contribution >= 0.6 is 0 Å². The van der Waals surface area contributed by atoms with Crippen molar-refractivity contribution in [3.63, 3.8) is 0 Å². The van der Waals surface area contributed by atoms with Gasteiger partial charge in [-0.1, -0.05) is 127 Å². The Morgan fingerprint density at radius 3 is 1.38 bits per heavy atom. The van der Waals surface area contributed by atoms with Gasteiger partial charge in [0.2, 0.25) is 0 Å². The van der Waals surface area contributed by atoms with Crippen molar-refractivity contribution in [3.05, 3.63) is 176 Å². The maximum absolute atomic E-state index is 2.46. The molecule has 0 bridgehead atoms. The highest BCUT2D eigenvalue weighted by Gasteiger charge is 2.43. The molecule has 0 N–H and O–H groups in total. The molecule has 2 nitrogen and oxygen atoms in total. The summed E-state index contributed by atoms with van der Waals surface area (Å²) >= 11 is 0. The fourth-order valence-corrected chi connectivity index (χ4v) is 7.27. The lowest BCUT2D eigenvalue weighted by atomic mass is 9.33. The monoisotopic (exact) mass is 572 g/mol. The van der Waals surface area contributed by atoms with E-state index in [0.717, 1.165) is 11.4 Å². The van der Waals surface area contributed by atoms with Crippen LogP contribution in [-0.2, 0) is 0 Å². The Labute approximate surface area is 264 Å². The number of para-hydroxylation sites is 2. The van der Waals surface area contributed by atoms with Gasteiger partial charge in [-0.25, -0.2) is 0 Å². The van der Waals surface area contributed by atoms with Gasteiger partial charge in [0.25, 0.3) is 6.71 Å². The van der Waals surface area contributed by atoms with Crippen LogP contribution in [0.4, 0.5) is 34.1 Å². The molecule has 7 aromatic carbocycles. The quantitative estimate of drug-likeness (QED) is 0.194. The van der Waals surface area contributed by atoms with Gasteiger partial charge >= 0.3 is 0 Å². The van der Waals surface area contributed by atoms with Gasteiger partial charge in [0.1, 0.15) is 0 Å². The van der Waals surface area contributed by atoms with Crippen molar-refractivity contribution in [3.8, 4) is 22.3 Å². The average Bonchev–Trinajstić information content (AvgIpc) is 3.12. The van der Waals surface area contributed by atoms with E-state index in [-0.39, 0.29) is 6.71 Å². The van der Waals surface area contributed by atoms with Gasteiger partial charge in [-0.15, -0.1) is 0 Å². The summed E-state index contributed by atoms with van der Waals surface area (Å²) in [7, 11) is 0. The minimum Gasteiger partial charge on any atom is -0.311 e. The summed E-state index contributed by atoms with van der Waals surface area (Å²) in [5.41, 5.74) is 16.1. The third-order valence-corrected chi connectivity index (χ3v) is 9.24. The van der Waals surface area contributed by atoms with Crippen LogP contribution in [0.1, 0.15) is 0 Å². The molecule has 0 aromatic heterocycles. The molecule has 0 spiro atoms. The molecule has 0 aliphatic carbocycles. The van der Waals surface area contributed by atoms with Crippen LogP contribution in [0, 0.1) is 0 Å². The fourth-order valence-electron chi connectivity index (χ4n) is 7.27. The molecule has 0 amide bonds. The van der Waals surface area contributed by atoms with Crippen LogP contribution in [0.15, 0.2) is 176 Å². The number of anilines is 6. The van der Waals surface area contributed by atoms with Gasteiger partial charge in [0.05, 0.1) is 0 Å². The Kier molecular flexibility index (Phi) is 5.95. The van der Waals surface area contributed by atoms with Gasteiger partial charge in [0.15, 0.2) is 0 Å². The molecule has 0 unspecified atom stereocenters. The summed E-state index contributed by atoms with van der Waals surface area (Å²) in [4.78, 5) is 4.91. The highest BCUT2D eigenvalue weighted by atomic mass is 15.2. The van der Waals surface area contributed by atoms with Crippen molar-refractivity contribution < 1.29 is 0 Å². The number of hydrogen-bond acceptors (Lipinski definition) is 2. The molecule has 0 saturated heterocycles. The lowest BCUT2D eigenvalue weighted by Gasteiger charge is -2.44. The van der Waals surface area contributed by atoms with E-state index in [4.69, 9.17) is 0 Å². The molecule has 0 radical (unpaired) electrons. The molecular formula is C42H29BN2.